The Morgan fingerprint density at radius 1 is 1.17 bits per heavy atom. The molecule has 4 N–H and O–H groups in total. The first kappa shape index (κ1) is 16.2. The Bertz CT molecular complexity index is 708. The minimum Gasteiger partial charge on any atom is -0.497 e. The lowest BCUT2D eigenvalue weighted by atomic mass is 10.1. The minimum absolute atomic E-state index is 0.140. The largest absolute Gasteiger partial charge is 0.497 e. The first-order valence-electron chi connectivity index (χ1n) is 7.60. The Morgan fingerprint density at radius 3 is 2.67 bits per heavy atom. The first-order chi connectivity index (χ1) is 11.6. The van der Waals surface area contributed by atoms with Crippen LogP contribution in [-0.4, -0.2) is 25.3 Å². The fourth-order valence-electron chi connectivity index (χ4n) is 2.48. The van der Waals surface area contributed by atoms with Crippen molar-refractivity contribution in [2.75, 3.05) is 12.4 Å². The van der Waals surface area contributed by atoms with E-state index in [0.717, 1.165) is 17.0 Å². The zero-order valence-corrected chi connectivity index (χ0v) is 13.2. The van der Waals surface area contributed by atoms with Crippen molar-refractivity contribution in [2.24, 2.45) is 0 Å². The summed E-state index contributed by atoms with van der Waals surface area (Å²) in [5.74, 6) is 0.295. The molecule has 0 spiro atoms. The fourth-order valence-corrected chi connectivity index (χ4v) is 2.48. The van der Waals surface area contributed by atoms with Crippen LogP contribution in [0.15, 0.2) is 48.5 Å². The van der Waals surface area contributed by atoms with E-state index < -0.39 is 12.3 Å². The SMILES string of the molecule is COc1cccc(NC2NNC(Cc3ccc(F)cc3)C(=O)N2)c1. The standard InChI is InChI=1S/C17H19FN4O2/c1-24-14-4-2-3-13(10-14)19-17-20-16(23)15(21-22-17)9-11-5-7-12(18)8-6-11/h2-8,10,15,17,19,21-22H,9H2,1H3,(H,20,23). The number of carbonyl (C=O) groups excluding carboxylic acids is 1. The molecule has 1 fully saturated rings. The Hall–Kier alpha value is -2.64. The van der Waals surface area contributed by atoms with Gasteiger partial charge in [-0.05, 0) is 36.2 Å². The maximum absolute atomic E-state index is 12.9. The number of benzene rings is 2. The number of amides is 1. The van der Waals surface area contributed by atoms with E-state index in [1.54, 1.807) is 19.2 Å². The van der Waals surface area contributed by atoms with Crippen LogP contribution in [0.2, 0.25) is 0 Å². The van der Waals surface area contributed by atoms with E-state index in [1.807, 2.05) is 24.3 Å². The first-order valence-corrected chi connectivity index (χ1v) is 7.60. The fraction of sp³-hybridized carbons (Fsp3) is 0.235. The van der Waals surface area contributed by atoms with Gasteiger partial charge in [-0.3, -0.25) is 4.79 Å². The highest BCUT2D eigenvalue weighted by Gasteiger charge is 2.27. The van der Waals surface area contributed by atoms with Gasteiger partial charge in [-0.2, -0.15) is 0 Å². The quantitative estimate of drug-likeness (QED) is 0.666. The number of ether oxygens (including phenoxy) is 1. The molecule has 1 saturated heterocycles. The molecule has 1 amide bonds. The van der Waals surface area contributed by atoms with Crippen LogP contribution in [0.1, 0.15) is 5.56 Å². The third-order valence-corrected chi connectivity index (χ3v) is 3.74. The highest BCUT2D eigenvalue weighted by Crippen LogP contribution is 2.17. The number of anilines is 1. The molecule has 3 rings (SSSR count). The molecule has 0 bridgehead atoms. The van der Waals surface area contributed by atoms with Crippen LogP contribution in [0.3, 0.4) is 0 Å². The van der Waals surface area contributed by atoms with Crippen molar-refractivity contribution >= 4 is 11.6 Å². The number of hydrazine groups is 1. The highest BCUT2D eigenvalue weighted by molar-refractivity contribution is 5.83. The number of methoxy groups -OCH3 is 1. The molecule has 126 valence electrons. The van der Waals surface area contributed by atoms with Gasteiger partial charge in [0.05, 0.1) is 7.11 Å². The summed E-state index contributed by atoms with van der Waals surface area (Å²) >= 11 is 0. The number of nitrogens with one attached hydrogen (secondary N) is 4. The van der Waals surface area contributed by atoms with E-state index in [4.69, 9.17) is 4.74 Å². The van der Waals surface area contributed by atoms with Crippen LogP contribution in [0, 0.1) is 5.82 Å². The molecule has 2 aromatic carbocycles. The van der Waals surface area contributed by atoms with Gasteiger partial charge in [-0.25, -0.2) is 15.2 Å². The highest BCUT2D eigenvalue weighted by atomic mass is 19.1. The molecular weight excluding hydrogens is 311 g/mol. The molecule has 0 aliphatic carbocycles. The Morgan fingerprint density at radius 2 is 1.96 bits per heavy atom. The second-order valence-electron chi connectivity index (χ2n) is 5.49. The Labute approximate surface area is 139 Å². The van der Waals surface area contributed by atoms with Crippen molar-refractivity contribution in [3.63, 3.8) is 0 Å². The van der Waals surface area contributed by atoms with E-state index in [1.165, 1.54) is 12.1 Å². The second-order valence-corrected chi connectivity index (χ2v) is 5.49. The minimum atomic E-state index is -0.450. The number of carbonyl (C=O) groups is 1. The van der Waals surface area contributed by atoms with Crippen LogP contribution >= 0.6 is 0 Å². The zero-order valence-electron chi connectivity index (χ0n) is 13.2. The monoisotopic (exact) mass is 330 g/mol. The van der Waals surface area contributed by atoms with Crippen molar-refractivity contribution in [3.8, 4) is 5.75 Å². The zero-order chi connectivity index (χ0) is 16.9. The second kappa shape index (κ2) is 7.29. The topological polar surface area (TPSA) is 74.4 Å². The average Bonchev–Trinajstić information content (AvgIpc) is 2.59. The van der Waals surface area contributed by atoms with E-state index >= 15 is 0 Å². The lowest BCUT2D eigenvalue weighted by Crippen LogP contribution is -2.68. The van der Waals surface area contributed by atoms with Crippen LogP contribution in [0.25, 0.3) is 0 Å². The lowest BCUT2D eigenvalue weighted by molar-refractivity contribution is -0.126. The van der Waals surface area contributed by atoms with Gasteiger partial charge < -0.3 is 15.4 Å². The molecule has 1 heterocycles. The van der Waals surface area contributed by atoms with Gasteiger partial charge in [-0.15, -0.1) is 0 Å². The van der Waals surface area contributed by atoms with Gasteiger partial charge in [0, 0.05) is 11.8 Å². The van der Waals surface area contributed by atoms with E-state index in [-0.39, 0.29) is 11.7 Å². The van der Waals surface area contributed by atoms with Gasteiger partial charge in [0.1, 0.15) is 17.6 Å². The van der Waals surface area contributed by atoms with Gasteiger partial charge in [0.25, 0.3) is 0 Å². The third kappa shape index (κ3) is 4.01. The predicted octanol–water partition coefficient (Wildman–Crippen LogP) is 1.37. The summed E-state index contributed by atoms with van der Waals surface area (Å²) in [7, 11) is 1.60. The lowest BCUT2D eigenvalue weighted by Gasteiger charge is -2.32. The van der Waals surface area contributed by atoms with Gasteiger partial charge >= 0.3 is 0 Å². The summed E-state index contributed by atoms with van der Waals surface area (Å²) in [6, 6.07) is 13.1. The average molecular weight is 330 g/mol. The van der Waals surface area contributed by atoms with Crippen molar-refractivity contribution in [1.29, 1.82) is 0 Å². The van der Waals surface area contributed by atoms with E-state index in [0.29, 0.717) is 6.42 Å². The van der Waals surface area contributed by atoms with Crippen LogP contribution < -0.4 is 26.2 Å². The maximum Gasteiger partial charge on any atom is 0.241 e. The van der Waals surface area contributed by atoms with Crippen LogP contribution in [-0.2, 0) is 11.2 Å². The summed E-state index contributed by atoms with van der Waals surface area (Å²) in [5.41, 5.74) is 7.68. The summed E-state index contributed by atoms with van der Waals surface area (Å²) < 4.78 is 18.1. The molecule has 0 aromatic heterocycles. The number of hydrogen-bond acceptors (Lipinski definition) is 5. The number of rotatable bonds is 5. The molecule has 2 atom stereocenters. The maximum atomic E-state index is 12.9. The molecular formula is C17H19FN4O2. The predicted molar refractivity (Wildman–Crippen MR) is 88.7 cm³/mol. The summed E-state index contributed by atoms with van der Waals surface area (Å²) in [6.07, 6.45) is 0.0134. The summed E-state index contributed by atoms with van der Waals surface area (Å²) in [4.78, 5) is 12.2. The number of hydrogen-bond donors (Lipinski definition) is 4. The molecule has 1 aliphatic heterocycles. The van der Waals surface area contributed by atoms with Crippen molar-refractivity contribution in [2.45, 2.75) is 18.8 Å². The van der Waals surface area contributed by atoms with Gasteiger partial charge in [0.15, 0.2) is 6.29 Å². The van der Waals surface area contributed by atoms with Crippen molar-refractivity contribution in [3.05, 3.63) is 59.9 Å². The number of halogens is 1. The smallest absolute Gasteiger partial charge is 0.241 e. The Kier molecular flexibility index (Phi) is 4.93. The van der Waals surface area contributed by atoms with E-state index in [9.17, 15) is 9.18 Å². The summed E-state index contributed by atoms with van der Waals surface area (Å²) in [5, 5.41) is 5.99. The van der Waals surface area contributed by atoms with E-state index in [2.05, 4.69) is 21.5 Å². The van der Waals surface area contributed by atoms with Crippen molar-refractivity contribution in [1.82, 2.24) is 16.2 Å². The van der Waals surface area contributed by atoms with Crippen LogP contribution in [0.4, 0.5) is 10.1 Å². The molecule has 7 heteroatoms. The van der Waals surface area contributed by atoms with Crippen LogP contribution in [0.5, 0.6) is 5.75 Å². The molecule has 6 nitrogen and oxygen atoms in total. The normalized spacial score (nSPS) is 20.3. The molecule has 2 unspecified atom stereocenters. The van der Waals surface area contributed by atoms with Gasteiger partial charge in [-0.1, -0.05) is 18.2 Å². The molecule has 0 radical (unpaired) electrons. The Balaban J connectivity index is 1.56. The molecule has 2 aromatic rings. The molecule has 0 saturated carbocycles. The van der Waals surface area contributed by atoms with Gasteiger partial charge in [0.2, 0.25) is 5.91 Å². The summed E-state index contributed by atoms with van der Waals surface area (Å²) in [6.45, 7) is 0. The molecule has 1 aliphatic rings. The van der Waals surface area contributed by atoms with Crippen molar-refractivity contribution < 1.29 is 13.9 Å². The third-order valence-electron chi connectivity index (χ3n) is 3.74. The molecule has 24 heavy (non-hydrogen) atoms.